The second kappa shape index (κ2) is 9.98. The van der Waals surface area contributed by atoms with Gasteiger partial charge in [0.05, 0.1) is 6.26 Å². The van der Waals surface area contributed by atoms with Crippen LogP contribution >= 0.6 is 0 Å². The third kappa shape index (κ3) is 6.22. The van der Waals surface area contributed by atoms with Crippen LogP contribution in [0, 0.1) is 5.41 Å². The second-order valence-corrected chi connectivity index (χ2v) is 8.20. The van der Waals surface area contributed by atoms with Gasteiger partial charge in [-0.1, -0.05) is 39.0 Å². The van der Waals surface area contributed by atoms with Crippen LogP contribution < -0.4 is 15.0 Å². The molecule has 0 saturated carbocycles. The van der Waals surface area contributed by atoms with Crippen LogP contribution in [0.3, 0.4) is 0 Å². The summed E-state index contributed by atoms with van der Waals surface area (Å²) in [7, 11) is 0. The highest BCUT2D eigenvalue weighted by atomic mass is 16.5. The SMILES string of the molecule is CC(C)(C)C(=O)NCCCN(C(=O)c1ccco1)c1ccc(Oc2ccccc2)cc1. The number of benzene rings is 2. The predicted molar refractivity (Wildman–Crippen MR) is 120 cm³/mol. The Morgan fingerprint density at radius 3 is 2.23 bits per heavy atom. The molecule has 1 N–H and O–H groups in total. The average Bonchev–Trinajstić information content (AvgIpc) is 3.29. The zero-order chi connectivity index (χ0) is 22.3. The third-order valence-corrected chi connectivity index (χ3v) is 4.63. The summed E-state index contributed by atoms with van der Waals surface area (Å²) < 4.78 is 11.1. The van der Waals surface area contributed by atoms with E-state index >= 15 is 0 Å². The van der Waals surface area contributed by atoms with Crippen molar-refractivity contribution in [3.05, 3.63) is 78.8 Å². The van der Waals surface area contributed by atoms with Gasteiger partial charge in [0.2, 0.25) is 5.91 Å². The van der Waals surface area contributed by atoms with E-state index in [9.17, 15) is 9.59 Å². The van der Waals surface area contributed by atoms with Crippen LogP contribution in [0.25, 0.3) is 0 Å². The highest BCUT2D eigenvalue weighted by Gasteiger charge is 2.22. The average molecular weight is 421 g/mol. The summed E-state index contributed by atoms with van der Waals surface area (Å²) in [5, 5.41) is 2.92. The standard InChI is InChI=1S/C25H28N2O4/c1-25(2,3)24(29)26-16-8-17-27(23(28)22-11-7-18-30-22)19-12-14-21(15-13-19)31-20-9-5-4-6-10-20/h4-7,9-15,18H,8,16-17H2,1-3H3,(H,26,29). The van der Waals surface area contributed by atoms with Crippen LogP contribution in [0.2, 0.25) is 0 Å². The molecule has 0 aliphatic heterocycles. The number of amides is 2. The van der Waals surface area contributed by atoms with Crippen molar-refractivity contribution in [2.75, 3.05) is 18.0 Å². The van der Waals surface area contributed by atoms with Crippen molar-refractivity contribution in [2.45, 2.75) is 27.2 Å². The van der Waals surface area contributed by atoms with Gasteiger partial charge < -0.3 is 19.4 Å². The van der Waals surface area contributed by atoms with Gasteiger partial charge in [-0.25, -0.2) is 0 Å². The Labute approximate surface area is 182 Å². The Bertz CT molecular complexity index is 975. The third-order valence-electron chi connectivity index (χ3n) is 4.63. The number of furan rings is 1. The number of ether oxygens (including phenoxy) is 1. The number of rotatable bonds is 8. The van der Waals surface area contributed by atoms with E-state index in [-0.39, 0.29) is 17.6 Å². The van der Waals surface area contributed by atoms with E-state index in [1.807, 2.05) is 75.4 Å². The minimum Gasteiger partial charge on any atom is -0.459 e. The fourth-order valence-electron chi connectivity index (χ4n) is 2.90. The molecule has 3 aromatic rings. The largest absolute Gasteiger partial charge is 0.459 e. The zero-order valence-corrected chi connectivity index (χ0v) is 18.1. The van der Waals surface area contributed by atoms with Gasteiger partial charge in [-0.15, -0.1) is 0 Å². The monoisotopic (exact) mass is 420 g/mol. The van der Waals surface area contributed by atoms with Crippen molar-refractivity contribution in [1.82, 2.24) is 5.32 Å². The first-order chi connectivity index (χ1) is 14.8. The van der Waals surface area contributed by atoms with Crippen molar-refractivity contribution in [1.29, 1.82) is 0 Å². The molecule has 0 aliphatic carbocycles. The molecule has 1 heterocycles. The Hall–Kier alpha value is -3.54. The Morgan fingerprint density at radius 1 is 0.935 bits per heavy atom. The lowest BCUT2D eigenvalue weighted by Crippen LogP contribution is -2.38. The summed E-state index contributed by atoms with van der Waals surface area (Å²) in [6.45, 7) is 6.52. The molecule has 0 aliphatic rings. The molecule has 31 heavy (non-hydrogen) atoms. The summed E-state index contributed by atoms with van der Waals surface area (Å²) in [5.74, 6) is 1.44. The molecule has 6 nitrogen and oxygen atoms in total. The maximum absolute atomic E-state index is 13.0. The molecule has 1 aromatic heterocycles. The lowest BCUT2D eigenvalue weighted by Gasteiger charge is -2.23. The summed E-state index contributed by atoms with van der Waals surface area (Å²) in [4.78, 5) is 26.7. The minimum absolute atomic E-state index is 0.0150. The van der Waals surface area contributed by atoms with Crippen LogP contribution in [-0.2, 0) is 4.79 Å². The molecule has 0 fully saturated rings. The van der Waals surface area contributed by atoms with E-state index in [4.69, 9.17) is 9.15 Å². The molecule has 0 atom stereocenters. The summed E-state index contributed by atoms with van der Waals surface area (Å²) >= 11 is 0. The quantitative estimate of drug-likeness (QED) is 0.504. The number of hydrogen-bond donors (Lipinski definition) is 1. The summed E-state index contributed by atoms with van der Waals surface area (Å²) in [5.41, 5.74) is 0.280. The van der Waals surface area contributed by atoms with Crippen LogP contribution in [0.4, 0.5) is 5.69 Å². The van der Waals surface area contributed by atoms with E-state index in [0.29, 0.717) is 25.3 Å². The van der Waals surface area contributed by atoms with E-state index in [1.165, 1.54) is 6.26 Å². The van der Waals surface area contributed by atoms with Gasteiger partial charge in [-0.3, -0.25) is 9.59 Å². The van der Waals surface area contributed by atoms with E-state index in [1.54, 1.807) is 17.0 Å². The lowest BCUT2D eigenvalue weighted by molar-refractivity contribution is -0.128. The molecule has 3 rings (SSSR count). The highest BCUT2D eigenvalue weighted by Crippen LogP contribution is 2.25. The molecule has 0 bridgehead atoms. The minimum atomic E-state index is -0.446. The first kappa shape index (κ1) is 22.2. The number of carbonyl (C=O) groups is 2. The maximum atomic E-state index is 13.0. The molecule has 2 amide bonds. The van der Waals surface area contributed by atoms with Gasteiger partial charge in [0.15, 0.2) is 5.76 Å². The summed E-state index contributed by atoms with van der Waals surface area (Å²) in [6, 6.07) is 20.2. The van der Waals surface area contributed by atoms with Gasteiger partial charge in [0.25, 0.3) is 5.91 Å². The predicted octanol–water partition coefficient (Wildman–Crippen LogP) is 5.27. The normalized spacial score (nSPS) is 11.1. The van der Waals surface area contributed by atoms with Gasteiger partial charge >= 0.3 is 0 Å². The molecule has 162 valence electrons. The molecule has 0 saturated heterocycles. The van der Waals surface area contributed by atoms with Crippen molar-refractivity contribution in [3.63, 3.8) is 0 Å². The number of nitrogens with zero attached hydrogens (tertiary/aromatic N) is 1. The van der Waals surface area contributed by atoms with Crippen molar-refractivity contribution >= 4 is 17.5 Å². The lowest BCUT2D eigenvalue weighted by atomic mass is 9.96. The van der Waals surface area contributed by atoms with Crippen molar-refractivity contribution in [3.8, 4) is 11.5 Å². The van der Waals surface area contributed by atoms with Gasteiger partial charge in [-0.05, 0) is 55.0 Å². The van der Waals surface area contributed by atoms with E-state index in [0.717, 1.165) is 11.4 Å². The molecule has 0 unspecified atom stereocenters. The Balaban J connectivity index is 1.69. The van der Waals surface area contributed by atoms with Crippen LogP contribution in [0.5, 0.6) is 11.5 Å². The number of carbonyl (C=O) groups excluding carboxylic acids is 2. The number of anilines is 1. The molecule has 6 heteroatoms. The first-order valence-corrected chi connectivity index (χ1v) is 10.3. The number of hydrogen-bond acceptors (Lipinski definition) is 4. The first-order valence-electron chi connectivity index (χ1n) is 10.3. The fraction of sp³-hybridized carbons (Fsp3) is 0.280. The molecule has 0 spiro atoms. The van der Waals surface area contributed by atoms with Crippen molar-refractivity contribution < 1.29 is 18.7 Å². The fourth-order valence-corrected chi connectivity index (χ4v) is 2.90. The van der Waals surface area contributed by atoms with Crippen LogP contribution in [0.1, 0.15) is 37.7 Å². The molecule has 2 aromatic carbocycles. The Morgan fingerprint density at radius 2 is 1.61 bits per heavy atom. The number of nitrogens with one attached hydrogen (secondary N) is 1. The molecule has 0 radical (unpaired) electrons. The highest BCUT2D eigenvalue weighted by molar-refractivity contribution is 6.04. The van der Waals surface area contributed by atoms with E-state index < -0.39 is 5.41 Å². The second-order valence-electron chi connectivity index (χ2n) is 8.20. The van der Waals surface area contributed by atoms with Crippen molar-refractivity contribution in [2.24, 2.45) is 5.41 Å². The van der Waals surface area contributed by atoms with Gasteiger partial charge in [0, 0.05) is 24.2 Å². The number of para-hydroxylation sites is 1. The topological polar surface area (TPSA) is 71.8 Å². The van der Waals surface area contributed by atoms with Crippen LogP contribution in [0.15, 0.2) is 77.4 Å². The molecular formula is C25H28N2O4. The van der Waals surface area contributed by atoms with Gasteiger partial charge in [-0.2, -0.15) is 0 Å². The van der Waals surface area contributed by atoms with E-state index in [2.05, 4.69) is 5.32 Å². The van der Waals surface area contributed by atoms with Crippen LogP contribution in [-0.4, -0.2) is 24.9 Å². The van der Waals surface area contributed by atoms with Gasteiger partial charge in [0.1, 0.15) is 11.5 Å². The zero-order valence-electron chi connectivity index (χ0n) is 18.1. The maximum Gasteiger partial charge on any atom is 0.293 e. The summed E-state index contributed by atoms with van der Waals surface area (Å²) in [6.07, 6.45) is 2.09. The smallest absolute Gasteiger partial charge is 0.293 e. The molecular weight excluding hydrogens is 392 g/mol. The Kier molecular flexibility index (Phi) is 7.13.